The highest BCUT2D eigenvalue weighted by Gasteiger charge is 2.18. The molecule has 3 N–H and O–H groups in total. The van der Waals surface area contributed by atoms with Crippen LogP contribution in [0, 0.1) is 12.8 Å². The Hall–Kier alpha value is -1.93. The highest BCUT2D eigenvalue weighted by atomic mass is 16.6. The number of nitrogens with one attached hydrogen (secondary N) is 1. The largest absolute Gasteiger partial charge is 0.462 e. The molecule has 0 saturated heterocycles. The number of ether oxygens (including phenoxy) is 2. The molecule has 0 bridgehead atoms. The van der Waals surface area contributed by atoms with Crippen molar-refractivity contribution >= 4 is 5.97 Å². The van der Waals surface area contributed by atoms with E-state index in [9.17, 15) is 14.4 Å². The lowest BCUT2D eigenvalue weighted by Crippen LogP contribution is -2.37. The fraction of sp³-hybridized carbons (Fsp3) is 0.615. The van der Waals surface area contributed by atoms with Crippen molar-refractivity contribution in [2.24, 2.45) is 11.7 Å². The van der Waals surface area contributed by atoms with Gasteiger partial charge in [-0.3, -0.25) is 19.1 Å². The monoisotopic (exact) mass is 299 g/mol. The molecule has 1 heterocycles. The van der Waals surface area contributed by atoms with Gasteiger partial charge in [-0.15, -0.1) is 0 Å². The van der Waals surface area contributed by atoms with Crippen LogP contribution in [0.2, 0.25) is 0 Å². The van der Waals surface area contributed by atoms with E-state index in [4.69, 9.17) is 15.2 Å². The molecule has 0 aliphatic heterocycles. The van der Waals surface area contributed by atoms with Crippen molar-refractivity contribution in [3.05, 3.63) is 32.6 Å². The van der Waals surface area contributed by atoms with Gasteiger partial charge in [0.05, 0.1) is 6.61 Å². The highest BCUT2D eigenvalue weighted by Crippen LogP contribution is 2.00. The number of nitrogens with zero attached hydrogens (tertiary/aromatic N) is 1. The molecule has 8 nitrogen and oxygen atoms in total. The molecular formula is C13H21N3O5. The van der Waals surface area contributed by atoms with Crippen molar-refractivity contribution in [3.8, 4) is 0 Å². The Morgan fingerprint density at radius 3 is 2.67 bits per heavy atom. The Bertz CT molecular complexity index is 590. The van der Waals surface area contributed by atoms with Gasteiger partial charge in [0.15, 0.2) is 0 Å². The second kappa shape index (κ2) is 7.75. The Kier molecular flexibility index (Phi) is 6.32. The minimum Gasteiger partial charge on any atom is -0.462 e. The summed E-state index contributed by atoms with van der Waals surface area (Å²) in [4.78, 5) is 36.3. The third kappa shape index (κ3) is 5.16. The number of hydrogen-bond acceptors (Lipinski definition) is 6. The molecule has 0 radical (unpaired) electrons. The fourth-order valence-corrected chi connectivity index (χ4v) is 1.45. The predicted octanol–water partition coefficient (Wildman–Crippen LogP) is -0.654. The highest BCUT2D eigenvalue weighted by molar-refractivity contribution is 5.75. The lowest BCUT2D eigenvalue weighted by molar-refractivity contribution is -0.148. The molecular weight excluding hydrogens is 278 g/mol. The number of carbonyl (C=O) groups excluding carboxylic acids is 1. The van der Waals surface area contributed by atoms with Gasteiger partial charge in [0.25, 0.3) is 5.56 Å². The van der Waals surface area contributed by atoms with Crippen molar-refractivity contribution in [2.45, 2.75) is 33.5 Å². The zero-order valence-electron chi connectivity index (χ0n) is 12.4. The molecule has 0 saturated carbocycles. The molecule has 0 fully saturated rings. The van der Waals surface area contributed by atoms with Gasteiger partial charge >= 0.3 is 11.7 Å². The molecule has 0 unspecified atom stereocenters. The molecule has 118 valence electrons. The van der Waals surface area contributed by atoms with Crippen molar-refractivity contribution in [1.82, 2.24) is 9.55 Å². The molecule has 0 spiro atoms. The summed E-state index contributed by atoms with van der Waals surface area (Å²) in [5.74, 6) is -0.480. The van der Waals surface area contributed by atoms with Gasteiger partial charge < -0.3 is 15.2 Å². The molecule has 0 aliphatic carbocycles. The van der Waals surface area contributed by atoms with Gasteiger partial charge in [-0.2, -0.15) is 0 Å². The van der Waals surface area contributed by atoms with Crippen LogP contribution in [0.5, 0.6) is 0 Å². The van der Waals surface area contributed by atoms with E-state index in [1.165, 1.54) is 10.8 Å². The summed E-state index contributed by atoms with van der Waals surface area (Å²) in [6.45, 7) is 5.38. The van der Waals surface area contributed by atoms with E-state index >= 15 is 0 Å². The first kappa shape index (κ1) is 17.1. The predicted molar refractivity (Wildman–Crippen MR) is 75.8 cm³/mol. The lowest BCUT2D eigenvalue weighted by Gasteiger charge is -2.14. The number of carbonyl (C=O) groups is 1. The summed E-state index contributed by atoms with van der Waals surface area (Å²) >= 11 is 0. The van der Waals surface area contributed by atoms with Crippen molar-refractivity contribution in [2.75, 3.05) is 13.2 Å². The van der Waals surface area contributed by atoms with Crippen LogP contribution < -0.4 is 17.0 Å². The van der Waals surface area contributed by atoms with E-state index in [1.54, 1.807) is 6.92 Å². The number of hydrogen-bond donors (Lipinski definition) is 2. The van der Waals surface area contributed by atoms with Crippen LogP contribution >= 0.6 is 0 Å². The molecule has 0 aromatic carbocycles. The zero-order chi connectivity index (χ0) is 16.0. The van der Waals surface area contributed by atoms with Crippen molar-refractivity contribution in [1.29, 1.82) is 0 Å². The summed E-state index contributed by atoms with van der Waals surface area (Å²) in [7, 11) is 0. The number of aromatic amines is 1. The number of aromatic nitrogens is 2. The van der Waals surface area contributed by atoms with Crippen molar-refractivity contribution in [3.63, 3.8) is 0 Å². The van der Waals surface area contributed by atoms with Crippen LogP contribution in [-0.2, 0) is 21.0 Å². The Balaban J connectivity index is 2.36. The van der Waals surface area contributed by atoms with E-state index in [0.717, 1.165) is 0 Å². The standard InChI is InChI=1S/C13H21N3O5/c1-8(2)10(14)12(18)21-5-4-20-7-16-6-9(3)11(17)15-13(16)19/h6,8,10H,4-5,7,14H2,1-3H3,(H,15,17,19)/t10-/m0/s1. The van der Waals surface area contributed by atoms with Gasteiger partial charge in [-0.25, -0.2) is 4.79 Å². The molecule has 1 atom stereocenters. The van der Waals surface area contributed by atoms with Crippen LogP contribution in [0.4, 0.5) is 0 Å². The van der Waals surface area contributed by atoms with E-state index in [0.29, 0.717) is 5.56 Å². The minimum absolute atomic E-state index is 0.00103. The average molecular weight is 299 g/mol. The van der Waals surface area contributed by atoms with Gasteiger partial charge in [-0.05, 0) is 12.8 Å². The molecule has 21 heavy (non-hydrogen) atoms. The number of rotatable bonds is 7. The van der Waals surface area contributed by atoms with Gasteiger partial charge in [0.1, 0.15) is 19.4 Å². The molecule has 1 aromatic rings. The normalized spacial score (nSPS) is 12.4. The first-order valence-corrected chi connectivity index (χ1v) is 6.63. The second-order valence-corrected chi connectivity index (χ2v) is 5.02. The SMILES string of the molecule is Cc1cn(COCCOC(=O)[C@@H](N)C(C)C)c(=O)[nH]c1=O. The van der Waals surface area contributed by atoms with Crippen LogP contribution in [0.3, 0.4) is 0 Å². The molecule has 0 aliphatic rings. The zero-order valence-corrected chi connectivity index (χ0v) is 12.4. The third-order valence-corrected chi connectivity index (χ3v) is 2.88. The summed E-state index contributed by atoms with van der Waals surface area (Å²) in [6, 6.07) is -0.658. The molecule has 1 aromatic heterocycles. The van der Waals surface area contributed by atoms with Crippen LogP contribution in [0.15, 0.2) is 15.8 Å². The maximum Gasteiger partial charge on any atom is 0.330 e. The number of nitrogens with two attached hydrogens (primary N) is 1. The molecule has 0 amide bonds. The van der Waals surface area contributed by atoms with E-state index < -0.39 is 23.3 Å². The van der Waals surface area contributed by atoms with Gasteiger partial charge in [0, 0.05) is 11.8 Å². The lowest BCUT2D eigenvalue weighted by atomic mass is 10.1. The summed E-state index contributed by atoms with van der Waals surface area (Å²) in [5, 5.41) is 0. The summed E-state index contributed by atoms with van der Waals surface area (Å²) in [5.41, 5.74) is 5.06. The maximum absolute atomic E-state index is 11.5. The first-order valence-electron chi connectivity index (χ1n) is 6.63. The summed E-state index contributed by atoms with van der Waals surface area (Å²) in [6.07, 6.45) is 1.40. The fourth-order valence-electron chi connectivity index (χ4n) is 1.45. The Morgan fingerprint density at radius 2 is 2.05 bits per heavy atom. The molecule has 8 heteroatoms. The Morgan fingerprint density at radius 1 is 1.38 bits per heavy atom. The first-order chi connectivity index (χ1) is 9.82. The van der Waals surface area contributed by atoms with Gasteiger partial charge in [-0.1, -0.05) is 13.8 Å². The maximum atomic E-state index is 11.5. The van der Waals surface area contributed by atoms with Crippen LogP contribution in [0.1, 0.15) is 19.4 Å². The van der Waals surface area contributed by atoms with Crippen LogP contribution in [0.25, 0.3) is 0 Å². The van der Waals surface area contributed by atoms with Gasteiger partial charge in [0.2, 0.25) is 0 Å². The Labute approximate surface area is 121 Å². The number of esters is 1. The van der Waals surface area contributed by atoms with Crippen molar-refractivity contribution < 1.29 is 14.3 Å². The minimum atomic E-state index is -0.658. The molecule has 1 rings (SSSR count). The smallest absolute Gasteiger partial charge is 0.330 e. The topological polar surface area (TPSA) is 116 Å². The average Bonchev–Trinajstić information content (AvgIpc) is 2.42. The second-order valence-electron chi connectivity index (χ2n) is 5.02. The third-order valence-electron chi connectivity index (χ3n) is 2.88. The quantitative estimate of drug-likeness (QED) is 0.510. The van der Waals surface area contributed by atoms with Crippen LogP contribution in [-0.4, -0.2) is 34.8 Å². The van der Waals surface area contributed by atoms with E-state index in [2.05, 4.69) is 4.98 Å². The van der Waals surface area contributed by atoms with E-state index in [-0.39, 0.29) is 25.9 Å². The summed E-state index contributed by atoms with van der Waals surface area (Å²) < 4.78 is 11.4. The number of H-pyrrole nitrogens is 1. The number of aryl methyl sites for hydroxylation is 1. The van der Waals surface area contributed by atoms with E-state index in [1.807, 2.05) is 13.8 Å².